The number of hydrogen-bond acceptors (Lipinski definition) is 3. The number of carbonyl (C=O) groups is 1. The van der Waals surface area contributed by atoms with Gasteiger partial charge in [-0.15, -0.1) is 0 Å². The minimum absolute atomic E-state index is 0.0909. The van der Waals surface area contributed by atoms with Gasteiger partial charge >= 0.3 is 0 Å². The van der Waals surface area contributed by atoms with Crippen LogP contribution in [0.3, 0.4) is 0 Å². The molecule has 0 saturated carbocycles. The van der Waals surface area contributed by atoms with E-state index >= 15 is 0 Å². The molecule has 0 rings (SSSR count). The molecule has 0 aliphatic carbocycles. The van der Waals surface area contributed by atoms with Crippen molar-refractivity contribution >= 4 is 5.91 Å². The van der Waals surface area contributed by atoms with E-state index in [1.807, 2.05) is 6.08 Å². The van der Waals surface area contributed by atoms with Crippen molar-refractivity contribution in [2.24, 2.45) is 0 Å². The van der Waals surface area contributed by atoms with Crippen LogP contribution < -0.4 is 5.32 Å². The van der Waals surface area contributed by atoms with Gasteiger partial charge in [-0.05, 0) is 44.9 Å². The van der Waals surface area contributed by atoms with Gasteiger partial charge in [0.15, 0.2) is 0 Å². The molecule has 0 fully saturated rings. The van der Waals surface area contributed by atoms with E-state index in [0.717, 1.165) is 38.5 Å². The van der Waals surface area contributed by atoms with Gasteiger partial charge in [0, 0.05) is 6.42 Å². The highest BCUT2D eigenvalue weighted by Crippen LogP contribution is 2.10. The molecular weight excluding hydrogens is 446 g/mol. The Morgan fingerprint density at radius 2 is 1.08 bits per heavy atom. The zero-order valence-corrected chi connectivity index (χ0v) is 23.8. The number of aliphatic hydroxyl groups excluding tert-OH is 2. The van der Waals surface area contributed by atoms with Crippen molar-refractivity contribution in [2.45, 2.75) is 154 Å². The topological polar surface area (TPSA) is 69.6 Å². The fourth-order valence-corrected chi connectivity index (χ4v) is 4.21. The summed E-state index contributed by atoms with van der Waals surface area (Å²) in [5.41, 5.74) is 0. The smallest absolute Gasteiger partial charge is 0.220 e. The van der Waals surface area contributed by atoms with Crippen molar-refractivity contribution < 1.29 is 15.0 Å². The first kappa shape index (κ1) is 34.6. The van der Waals surface area contributed by atoms with Crippen LogP contribution in [0.1, 0.15) is 142 Å². The van der Waals surface area contributed by atoms with E-state index in [1.54, 1.807) is 6.08 Å². The SMILES string of the molecule is CCCCCCCCCC/C=C/CC/C=C/CC/C=C/C(O)C(CO)NC(=O)CCCCCCCC. The third-order valence-corrected chi connectivity index (χ3v) is 6.60. The van der Waals surface area contributed by atoms with Crippen LogP contribution in [-0.2, 0) is 4.79 Å². The summed E-state index contributed by atoms with van der Waals surface area (Å²) in [5.74, 6) is -0.0909. The molecule has 0 aliphatic heterocycles. The Hall–Kier alpha value is -1.39. The molecule has 210 valence electrons. The van der Waals surface area contributed by atoms with E-state index in [9.17, 15) is 15.0 Å². The van der Waals surface area contributed by atoms with Gasteiger partial charge in [0.1, 0.15) is 0 Å². The molecule has 36 heavy (non-hydrogen) atoms. The highest BCUT2D eigenvalue weighted by Gasteiger charge is 2.17. The van der Waals surface area contributed by atoms with Crippen LogP contribution in [0.5, 0.6) is 0 Å². The van der Waals surface area contributed by atoms with Crippen LogP contribution in [0.25, 0.3) is 0 Å². The largest absolute Gasteiger partial charge is 0.394 e. The zero-order chi connectivity index (χ0) is 26.5. The molecule has 0 spiro atoms. The average Bonchev–Trinajstić information content (AvgIpc) is 2.88. The molecule has 2 unspecified atom stereocenters. The molecule has 0 saturated heterocycles. The highest BCUT2D eigenvalue weighted by molar-refractivity contribution is 5.76. The van der Waals surface area contributed by atoms with E-state index in [-0.39, 0.29) is 12.5 Å². The Kier molecular flexibility index (Phi) is 27.1. The van der Waals surface area contributed by atoms with Crippen LogP contribution >= 0.6 is 0 Å². The molecule has 0 aromatic carbocycles. The van der Waals surface area contributed by atoms with Crippen LogP contribution in [0.2, 0.25) is 0 Å². The first-order valence-corrected chi connectivity index (χ1v) is 15.2. The lowest BCUT2D eigenvalue weighted by atomic mass is 10.1. The summed E-state index contributed by atoms with van der Waals surface area (Å²) >= 11 is 0. The van der Waals surface area contributed by atoms with E-state index in [4.69, 9.17) is 0 Å². The van der Waals surface area contributed by atoms with Crippen LogP contribution in [0.15, 0.2) is 36.5 Å². The van der Waals surface area contributed by atoms with Crippen molar-refractivity contribution in [3.05, 3.63) is 36.5 Å². The van der Waals surface area contributed by atoms with Gasteiger partial charge < -0.3 is 15.5 Å². The number of carbonyl (C=O) groups excluding carboxylic acids is 1. The second-order valence-corrected chi connectivity index (χ2v) is 10.2. The Morgan fingerprint density at radius 1 is 0.639 bits per heavy atom. The number of hydrogen-bond donors (Lipinski definition) is 3. The van der Waals surface area contributed by atoms with Gasteiger partial charge in [-0.25, -0.2) is 0 Å². The van der Waals surface area contributed by atoms with Gasteiger partial charge in [0.05, 0.1) is 18.8 Å². The maximum absolute atomic E-state index is 12.1. The molecule has 0 aromatic rings. The average molecular weight is 506 g/mol. The number of rotatable bonds is 26. The number of nitrogens with one attached hydrogen (secondary N) is 1. The minimum atomic E-state index is -0.862. The van der Waals surface area contributed by atoms with E-state index in [0.29, 0.717) is 6.42 Å². The van der Waals surface area contributed by atoms with Crippen LogP contribution in [0.4, 0.5) is 0 Å². The summed E-state index contributed by atoms with van der Waals surface area (Å²) < 4.78 is 0. The first-order valence-electron chi connectivity index (χ1n) is 15.2. The lowest BCUT2D eigenvalue weighted by molar-refractivity contribution is -0.123. The fourth-order valence-electron chi connectivity index (χ4n) is 4.21. The molecule has 4 nitrogen and oxygen atoms in total. The summed E-state index contributed by atoms with van der Waals surface area (Å²) in [6, 6.07) is -0.637. The number of aliphatic hydroxyl groups is 2. The molecule has 0 bridgehead atoms. The van der Waals surface area contributed by atoms with Gasteiger partial charge in [0.25, 0.3) is 0 Å². The monoisotopic (exact) mass is 505 g/mol. The quantitative estimate of drug-likeness (QED) is 0.0817. The molecule has 0 heterocycles. The van der Waals surface area contributed by atoms with Gasteiger partial charge in [-0.1, -0.05) is 127 Å². The lowest BCUT2D eigenvalue weighted by Crippen LogP contribution is -2.45. The number of amides is 1. The van der Waals surface area contributed by atoms with Gasteiger partial charge in [-0.3, -0.25) is 4.79 Å². The second-order valence-electron chi connectivity index (χ2n) is 10.2. The minimum Gasteiger partial charge on any atom is -0.394 e. The normalized spacial score (nSPS) is 13.8. The molecule has 1 amide bonds. The summed E-state index contributed by atoms with van der Waals surface area (Å²) in [6.07, 6.45) is 35.2. The maximum atomic E-state index is 12.1. The second kappa shape index (κ2) is 28.2. The van der Waals surface area contributed by atoms with Gasteiger partial charge in [0.2, 0.25) is 5.91 Å². The third-order valence-electron chi connectivity index (χ3n) is 6.60. The molecule has 0 radical (unpaired) electrons. The predicted octanol–water partition coefficient (Wildman–Crippen LogP) is 8.33. The molecule has 4 heteroatoms. The fraction of sp³-hybridized carbons (Fsp3) is 0.781. The molecular formula is C32H59NO3. The van der Waals surface area contributed by atoms with E-state index in [1.165, 1.54) is 83.5 Å². The van der Waals surface area contributed by atoms with Crippen LogP contribution in [0, 0.1) is 0 Å². The lowest BCUT2D eigenvalue weighted by Gasteiger charge is -2.19. The third kappa shape index (κ3) is 24.3. The Labute approximate surface area is 223 Å². The molecule has 2 atom stereocenters. The summed E-state index contributed by atoms with van der Waals surface area (Å²) in [5, 5.41) is 22.6. The Balaban J connectivity index is 3.74. The van der Waals surface area contributed by atoms with Crippen molar-refractivity contribution in [3.63, 3.8) is 0 Å². The Morgan fingerprint density at radius 3 is 1.61 bits per heavy atom. The van der Waals surface area contributed by atoms with E-state index in [2.05, 4.69) is 43.5 Å². The number of unbranched alkanes of at least 4 members (excludes halogenated alkanes) is 15. The first-order chi connectivity index (χ1) is 17.7. The Bertz CT molecular complexity index is 556. The summed E-state index contributed by atoms with van der Waals surface area (Å²) in [7, 11) is 0. The highest BCUT2D eigenvalue weighted by atomic mass is 16.3. The van der Waals surface area contributed by atoms with Gasteiger partial charge in [-0.2, -0.15) is 0 Å². The summed E-state index contributed by atoms with van der Waals surface area (Å²) in [4.78, 5) is 12.1. The van der Waals surface area contributed by atoms with Crippen molar-refractivity contribution in [3.8, 4) is 0 Å². The van der Waals surface area contributed by atoms with Crippen LogP contribution in [-0.4, -0.2) is 34.9 Å². The molecule has 3 N–H and O–H groups in total. The molecule has 0 aromatic heterocycles. The predicted molar refractivity (Wildman–Crippen MR) is 156 cm³/mol. The van der Waals surface area contributed by atoms with E-state index < -0.39 is 12.1 Å². The van der Waals surface area contributed by atoms with Crippen molar-refractivity contribution in [2.75, 3.05) is 6.61 Å². The van der Waals surface area contributed by atoms with Crippen molar-refractivity contribution in [1.29, 1.82) is 0 Å². The number of allylic oxidation sites excluding steroid dienone is 5. The molecule has 0 aliphatic rings. The maximum Gasteiger partial charge on any atom is 0.220 e. The van der Waals surface area contributed by atoms with Crippen molar-refractivity contribution in [1.82, 2.24) is 5.32 Å². The standard InChI is InChI=1S/C32H59NO3/c1-3-5-7-9-11-12-13-14-15-16-17-18-19-20-21-22-23-25-27-31(35)30(29-34)33-32(36)28-26-24-10-8-6-4-2/h16-17,20-21,25,27,30-31,34-35H,3-15,18-19,22-24,26,28-29H2,1-2H3,(H,33,36)/b17-16+,21-20+,27-25+. The summed E-state index contributed by atoms with van der Waals surface area (Å²) in [6.45, 7) is 4.20. The zero-order valence-electron chi connectivity index (χ0n) is 23.8.